The first-order valence-corrected chi connectivity index (χ1v) is 13.6. The first kappa shape index (κ1) is 34.4. The number of rotatable bonds is 3. The average molecular weight is 510 g/mol. The van der Waals surface area contributed by atoms with E-state index in [-0.39, 0.29) is 23.7 Å². The van der Waals surface area contributed by atoms with E-state index in [1.807, 2.05) is 14.7 Å². The van der Waals surface area contributed by atoms with Crippen molar-refractivity contribution >= 4 is 17.7 Å². The molecule has 0 aliphatic carbocycles. The van der Waals surface area contributed by atoms with Crippen molar-refractivity contribution in [3.8, 4) is 0 Å². The summed E-state index contributed by atoms with van der Waals surface area (Å²) in [6.07, 6.45) is 3.24. The molecule has 36 heavy (non-hydrogen) atoms. The van der Waals surface area contributed by atoms with Crippen LogP contribution in [0.5, 0.6) is 0 Å². The molecule has 3 fully saturated rings. The third kappa shape index (κ3) is 14.2. The fourth-order valence-corrected chi connectivity index (χ4v) is 4.07. The van der Waals surface area contributed by atoms with E-state index in [4.69, 9.17) is 0 Å². The van der Waals surface area contributed by atoms with Crippen molar-refractivity contribution in [1.82, 2.24) is 14.7 Å². The maximum absolute atomic E-state index is 11.5. The second-order valence-corrected chi connectivity index (χ2v) is 14.8. The van der Waals surface area contributed by atoms with Crippen molar-refractivity contribution in [2.45, 2.75) is 109 Å². The third-order valence-corrected chi connectivity index (χ3v) is 6.09. The fraction of sp³-hybridized carbons (Fsp3) is 0.900. The molecule has 0 aromatic rings. The van der Waals surface area contributed by atoms with Crippen LogP contribution in [-0.4, -0.2) is 71.7 Å². The van der Waals surface area contributed by atoms with E-state index in [0.717, 1.165) is 39.3 Å². The lowest BCUT2D eigenvalue weighted by Crippen LogP contribution is -2.49. The van der Waals surface area contributed by atoms with Crippen molar-refractivity contribution in [3.63, 3.8) is 0 Å². The second-order valence-electron chi connectivity index (χ2n) is 14.8. The Morgan fingerprint density at radius 2 is 0.806 bits per heavy atom. The lowest BCUT2D eigenvalue weighted by Gasteiger charge is -2.38. The first-order chi connectivity index (χ1) is 15.8. The van der Waals surface area contributed by atoms with Gasteiger partial charge in [-0.2, -0.15) is 0 Å². The predicted octanol–water partition coefficient (Wildman–Crippen LogP) is 6.09. The molecule has 6 heteroatoms. The molecular weight excluding hydrogens is 450 g/mol. The highest BCUT2D eigenvalue weighted by Crippen LogP contribution is 2.25. The van der Waals surface area contributed by atoms with Gasteiger partial charge in [-0.05, 0) is 34.5 Å². The van der Waals surface area contributed by atoms with Crippen molar-refractivity contribution < 1.29 is 14.4 Å². The third-order valence-electron chi connectivity index (χ3n) is 6.09. The summed E-state index contributed by atoms with van der Waals surface area (Å²) in [5, 5.41) is 0. The monoisotopic (exact) mass is 509 g/mol. The van der Waals surface area contributed by atoms with Crippen LogP contribution >= 0.6 is 0 Å². The van der Waals surface area contributed by atoms with Gasteiger partial charge in [-0.3, -0.25) is 14.4 Å². The lowest BCUT2D eigenvalue weighted by molar-refractivity contribution is -0.139. The van der Waals surface area contributed by atoms with Gasteiger partial charge in [-0.25, -0.2) is 0 Å². The van der Waals surface area contributed by atoms with Gasteiger partial charge in [-0.1, -0.05) is 83.6 Å². The summed E-state index contributed by atoms with van der Waals surface area (Å²) in [7, 11) is 0. The maximum Gasteiger partial charge on any atom is 0.223 e. The number of likely N-dealkylation sites (tertiary alicyclic amines) is 3. The van der Waals surface area contributed by atoms with Crippen molar-refractivity contribution in [2.75, 3.05) is 39.3 Å². The molecule has 0 aromatic heterocycles. The molecule has 0 unspecified atom stereocenters. The van der Waals surface area contributed by atoms with Crippen molar-refractivity contribution in [1.29, 1.82) is 0 Å². The zero-order valence-corrected chi connectivity index (χ0v) is 24.8. The average Bonchev–Trinajstić information content (AvgIpc) is 2.50. The van der Waals surface area contributed by atoms with E-state index in [1.54, 1.807) is 0 Å². The molecule has 3 aliphatic rings. The minimum absolute atomic E-state index is 0. The van der Waals surface area contributed by atoms with E-state index >= 15 is 0 Å². The molecule has 3 aliphatic heterocycles. The predicted molar refractivity (Wildman–Crippen MR) is 152 cm³/mol. The summed E-state index contributed by atoms with van der Waals surface area (Å²) in [5.41, 5.74) is 0.415. The summed E-state index contributed by atoms with van der Waals surface area (Å²) in [5.74, 6) is 2.40. The number of amides is 3. The Bertz CT molecular complexity index is 654. The Morgan fingerprint density at radius 1 is 0.556 bits per heavy atom. The van der Waals surface area contributed by atoms with Crippen LogP contribution in [0.2, 0.25) is 0 Å². The first-order valence-electron chi connectivity index (χ1n) is 13.6. The molecule has 3 rings (SSSR count). The Labute approximate surface area is 223 Å². The highest BCUT2D eigenvalue weighted by Gasteiger charge is 2.30. The van der Waals surface area contributed by atoms with Crippen LogP contribution in [0, 0.1) is 28.1 Å². The molecule has 0 radical (unpaired) electrons. The minimum atomic E-state index is 0. The summed E-state index contributed by atoms with van der Waals surface area (Å²) in [4.78, 5) is 40.2. The Morgan fingerprint density at radius 3 is 0.972 bits per heavy atom. The minimum Gasteiger partial charge on any atom is -0.343 e. The standard InChI is InChI=1S/2C10H19NO.C9H17NO.CH4/c2*1-8-6-11(7-8)9(12)5-10(2,3)4;1-9(2,3)7-8(11)10-5-4-6-10;/h2*8H,5-7H2,1-4H3;4-7H2,1-3H3;1H4. The quantitative estimate of drug-likeness (QED) is 0.462. The highest BCUT2D eigenvalue weighted by atomic mass is 16.2. The summed E-state index contributed by atoms with van der Waals surface area (Å²) in [6, 6.07) is 0. The highest BCUT2D eigenvalue weighted by molar-refractivity contribution is 5.78. The van der Waals surface area contributed by atoms with Crippen LogP contribution in [0.4, 0.5) is 0 Å². The fourth-order valence-electron chi connectivity index (χ4n) is 4.07. The van der Waals surface area contributed by atoms with Gasteiger partial charge in [0.25, 0.3) is 0 Å². The van der Waals surface area contributed by atoms with Gasteiger partial charge in [0, 0.05) is 58.5 Å². The smallest absolute Gasteiger partial charge is 0.223 e. The van der Waals surface area contributed by atoms with Crippen LogP contribution in [0.1, 0.15) is 109 Å². The number of carbonyl (C=O) groups excluding carboxylic acids is 3. The molecule has 0 bridgehead atoms. The number of hydrogen-bond donors (Lipinski definition) is 0. The molecule has 0 aromatic carbocycles. The molecular formula is C30H59N3O3. The van der Waals surface area contributed by atoms with Crippen LogP contribution in [0.15, 0.2) is 0 Å². The van der Waals surface area contributed by atoms with E-state index in [0.29, 0.717) is 48.8 Å². The van der Waals surface area contributed by atoms with Gasteiger partial charge in [0.05, 0.1) is 0 Å². The van der Waals surface area contributed by atoms with Crippen LogP contribution < -0.4 is 0 Å². The molecule has 0 N–H and O–H groups in total. The van der Waals surface area contributed by atoms with Gasteiger partial charge in [0.2, 0.25) is 17.7 Å². The number of hydrogen-bond acceptors (Lipinski definition) is 3. The van der Waals surface area contributed by atoms with Crippen molar-refractivity contribution in [2.24, 2.45) is 28.1 Å². The van der Waals surface area contributed by atoms with Gasteiger partial charge in [0.1, 0.15) is 0 Å². The van der Waals surface area contributed by atoms with Crippen molar-refractivity contribution in [3.05, 3.63) is 0 Å². The normalized spacial score (nSPS) is 18.2. The van der Waals surface area contributed by atoms with Gasteiger partial charge < -0.3 is 14.7 Å². The zero-order valence-electron chi connectivity index (χ0n) is 24.8. The molecule has 0 saturated carbocycles. The molecule has 3 amide bonds. The maximum atomic E-state index is 11.5. The lowest BCUT2D eigenvalue weighted by atomic mass is 9.90. The van der Waals surface area contributed by atoms with E-state index in [9.17, 15) is 14.4 Å². The molecule has 3 saturated heterocycles. The summed E-state index contributed by atoms with van der Waals surface area (Å²) in [6.45, 7) is 29.1. The molecule has 0 spiro atoms. The second kappa shape index (κ2) is 13.8. The zero-order chi connectivity index (χ0) is 27.2. The van der Waals surface area contributed by atoms with E-state index in [2.05, 4.69) is 76.2 Å². The number of nitrogens with zero attached hydrogens (tertiary/aromatic N) is 3. The van der Waals surface area contributed by atoms with Crippen LogP contribution in [-0.2, 0) is 14.4 Å². The molecule has 3 heterocycles. The van der Waals surface area contributed by atoms with Gasteiger partial charge >= 0.3 is 0 Å². The van der Waals surface area contributed by atoms with E-state index in [1.165, 1.54) is 6.42 Å². The van der Waals surface area contributed by atoms with Gasteiger partial charge in [-0.15, -0.1) is 0 Å². The van der Waals surface area contributed by atoms with Crippen LogP contribution in [0.3, 0.4) is 0 Å². The Balaban J connectivity index is 0.000000504. The topological polar surface area (TPSA) is 60.9 Å². The SMILES string of the molecule is C.CC(C)(C)CC(=O)N1CCC1.CC1CN(C(=O)CC(C)(C)C)C1.CC1CN(C(=O)CC(C)(C)C)C1. The largest absolute Gasteiger partial charge is 0.343 e. The Hall–Kier alpha value is -1.59. The summed E-state index contributed by atoms with van der Waals surface area (Å²) >= 11 is 0. The Kier molecular flexibility index (Phi) is 13.2. The number of carbonyl (C=O) groups is 3. The van der Waals surface area contributed by atoms with E-state index < -0.39 is 0 Å². The van der Waals surface area contributed by atoms with Gasteiger partial charge in [0.15, 0.2) is 0 Å². The molecule has 6 nitrogen and oxygen atoms in total. The summed E-state index contributed by atoms with van der Waals surface area (Å²) < 4.78 is 0. The molecule has 212 valence electrons. The van der Waals surface area contributed by atoms with Crippen LogP contribution in [0.25, 0.3) is 0 Å². The molecule has 0 atom stereocenters.